The van der Waals surface area contributed by atoms with Crippen LogP contribution in [0.15, 0.2) is 52.3 Å². The Bertz CT molecular complexity index is 1900. The van der Waals surface area contributed by atoms with Gasteiger partial charge in [0.2, 0.25) is 11.9 Å². The maximum absolute atomic E-state index is 13.1. The molecule has 2 aromatic heterocycles. The van der Waals surface area contributed by atoms with E-state index in [1.165, 1.54) is 5.38 Å². The number of aryl methyl sites for hydroxylation is 1. The van der Waals surface area contributed by atoms with Gasteiger partial charge in [-0.2, -0.15) is 4.68 Å². The van der Waals surface area contributed by atoms with Gasteiger partial charge in [0, 0.05) is 16.8 Å². The lowest BCUT2D eigenvalue weighted by molar-refractivity contribution is -0.773. The summed E-state index contributed by atoms with van der Waals surface area (Å²) in [4.78, 5) is 61.8. The molecule has 3 rings (SSSR count). The Labute approximate surface area is 328 Å². The number of benzene rings is 1. The molecule has 1 unspecified atom stereocenters. The van der Waals surface area contributed by atoms with E-state index in [4.69, 9.17) is 29.3 Å². The molecule has 0 radical (unpaired) electrons. The first-order valence-electron chi connectivity index (χ1n) is 17.6. The van der Waals surface area contributed by atoms with E-state index in [0.717, 1.165) is 22.5 Å². The summed E-state index contributed by atoms with van der Waals surface area (Å²) in [6.45, 7) is 16.7. The van der Waals surface area contributed by atoms with Crippen LogP contribution >= 0.6 is 11.3 Å². The predicted molar refractivity (Wildman–Crippen MR) is 205 cm³/mol. The minimum atomic E-state index is -1.50. The van der Waals surface area contributed by atoms with Crippen molar-refractivity contribution >= 4 is 46.3 Å². The summed E-state index contributed by atoms with van der Waals surface area (Å²) in [6.07, 6.45) is 1.71. The standard InChI is InChI=1S/C36H49N9O10S/c1-34(2,3)52-30(48)27(55-42-28(29(46)47)26-22-56-31(40-26)41-33(50)54-36(7,8)9)21-51-25-13-11-23(12-14-25)24-19-44(45(20-24)18-16-39-43-37)17-10-15-38-32(49)53-35(4,5)6/h11-14,19-20,22,27H,10,15-18,21H2,1-9H3,(H2-,38,40,41,46,47,49,50)/p+1. The normalized spacial score (nSPS) is 12.5. The number of hydrogen-bond acceptors (Lipinski definition) is 13. The summed E-state index contributed by atoms with van der Waals surface area (Å²) >= 11 is 0.941. The van der Waals surface area contributed by atoms with Crippen molar-refractivity contribution in [3.63, 3.8) is 0 Å². The van der Waals surface area contributed by atoms with Crippen molar-refractivity contribution in [2.24, 2.45) is 10.3 Å². The molecule has 1 atom stereocenters. The number of anilines is 1. The second kappa shape index (κ2) is 19.6. The van der Waals surface area contributed by atoms with Gasteiger partial charge in [0.25, 0.3) is 6.10 Å². The molecular formula is C36H50N9O10S+. The minimum absolute atomic E-state index is 0.0609. The Morgan fingerprint density at radius 3 is 2.21 bits per heavy atom. The van der Waals surface area contributed by atoms with E-state index in [9.17, 15) is 24.3 Å². The van der Waals surface area contributed by atoms with Gasteiger partial charge in [-0.05, 0) is 92.0 Å². The van der Waals surface area contributed by atoms with Crippen LogP contribution in [0.2, 0.25) is 0 Å². The van der Waals surface area contributed by atoms with Crippen LogP contribution in [0.25, 0.3) is 21.6 Å². The second-order valence-electron chi connectivity index (χ2n) is 15.1. The number of thiazole rings is 1. The number of esters is 1. The largest absolute Gasteiger partial charge is 0.489 e. The number of aliphatic carboxylic acids is 1. The van der Waals surface area contributed by atoms with E-state index < -0.39 is 52.7 Å². The monoisotopic (exact) mass is 800 g/mol. The Morgan fingerprint density at radius 2 is 1.61 bits per heavy atom. The van der Waals surface area contributed by atoms with E-state index in [1.807, 2.05) is 33.9 Å². The highest BCUT2D eigenvalue weighted by Gasteiger charge is 2.30. The number of nitrogens with zero attached hydrogens (tertiary/aromatic N) is 7. The third-order valence-electron chi connectivity index (χ3n) is 6.72. The zero-order valence-electron chi connectivity index (χ0n) is 33.0. The van der Waals surface area contributed by atoms with E-state index in [-0.39, 0.29) is 24.0 Å². The number of hydrogen-bond donors (Lipinski definition) is 3. The molecule has 3 N–H and O–H groups in total. The first-order chi connectivity index (χ1) is 26.1. The maximum Gasteiger partial charge on any atom is 0.413 e. The van der Waals surface area contributed by atoms with Gasteiger partial charge < -0.3 is 34.2 Å². The third kappa shape index (κ3) is 15.8. The number of aromatic nitrogens is 3. The number of nitrogens with one attached hydrogen (secondary N) is 2. The number of alkyl carbamates (subject to hydrolysis) is 1. The average Bonchev–Trinajstić information content (AvgIpc) is 3.69. The number of amides is 2. The Balaban J connectivity index is 1.74. The van der Waals surface area contributed by atoms with Crippen LogP contribution in [0.5, 0.6) is 5.75 Å². The summed E-state index contributed by atoms with van der Waals surface area (Å²) < 4.78 is 25.7. The molecule has 0 saturated carbocycles. The van der Waals surface area contributed by atoms with Crippen LogP contribution in [-0.2, 0) is 41.7 Å². The zero-order chi connectivity index (χ0) is 41.7. The first kappa shape index (κ1) is 44.5. The molecule has 2 amide bonds. The third-order valence-corrected chi connectivity index (χ3v) is 7.48. The number of carbonyl (C=O) groups excluding carboxylic acids is 3. The summed E-state index contributed by atoms with van der Waals surface area (Å²) in [5.74, 6) is -1.97. The summed E-state index contributed by atoms with van der Waals surface area (Å²) in [7, 11) is 0. The molecule has 0 aliphatic heterocycles. The van der Waals surface area contributed by atoms with Crippen molar-refractivity contribution in [2.75, 3.05) is 25.0 Å². The molecule has 0 aliphatic rings. The zero-order valence-corrected chi connectivity index (χ0v) is 33.8. The summed E-state index contributed by atoms with van der Waals surface area (Å²) in [6, 6.07) is 7.00. The van der Waals surface area contributed by atoms with Gasteiger partial charge in [0.15, 0.2) is 11.7 Å². The van der Waals surface area contributed by atoms with Crippen molar-refractivity contribution in [1.82, 2.24) is 15.0 Å². The van der Waals surface area contributed by atoms with Crippen LogP contribution in [-0.4, -0.2) is 87.2 Å². The number of carboxylic acid groups (broad SMARTS) is 1. The average molecular weight is 801 g/mol. The number of rotatable bonds is 17. The van der Waals surface area contributed by atoms with E-state index in [2.05, 4.69) is 30.8 Å². The topological polar surface area (TPSA) is 242 Å². The van der Waals surface area contributed by atoms with Gasteiger partial charge >= 0.3 is 24.1 Å². The summed E-state index contributed by atoms with van der Waals surface area (Å²) in [5, 5.41) is 23.8. The lowest BCUT2D eigenvalue weighted by Crippen LogP contribution is -2.44. The molecule has 0 fully saturated rings. The maximum atomic E-state index is 13.1. The molecule has 20 heteroatoms. The van der Waals surface area contributed by atoms with Gasteiger partial charge in [-0.1, -0.05) is 22.4 Å². The van der Waals surface area contributed by atoms with Crippen molar-refractivity contribution in [2.45, 2.75) is 105 Å². The number of oxime groups is 1. The van der Waals surface area contributed by atoms with Crippen molar-refractivity contribution in [3.8, 4) is 16.9 Å². The van der Waals surface area contributed by atoms with Crippen molar-refractivity contribution < 1.29 is 52.8 Å². The van der Waals surface area contributed by atoms with Crippen molar-refractivity contribution in [1.29, 1.82) is 0 Å². The lowest BCUT2D eigenvalue weighted by atomic mass is 10.1. The molecule has 0 saturated heterocycles. The molecule has 3 aromatic rings. The Morgan fingerprint density at radius 1 is 0.964 bits per heavy atom. The highest BCUT2D eigenvalue weighted by Crippen LogP contribution is 2.23. The molecule has 0 aliphatic carbocycles. The van der Waals surface area contributed by atoms with Crippen LogP contribution < -0.4 is 20.1 Å². The molecule has 1 aromatic carbocycles. The predicted octanol–water partition coefficient (Wildman–Crippen LogP) is 6.07. The molecule has 19 nitrogen and oxygen atoms in total. The van der Waals surface area contributed by atoms with Crippen LogP contribution in [0.4, 0.5) is 14.7 Å². The van der Waals surface area contributed by atoms with Crippen LogP contribution in [0.1, 0.15) is 74.4 Å². The number of azide groups is 1. The van der Waals surface area contributed by atoms with Gasteiger partial charge in [0.05, 0.1) is 24.8 Å². The molecule has 304 valence electrons. The fraction of sp³-hybridized carbons (Fsp3) is 0.528. The smallest absolute Gasteiger partial charge is 0.413 e. The van der Waals surface area contributed by atoms with E-state index in [1.54, 1.807) is 74.4 Å². The van der Waals surface area contributed by atoms with Gasteiger partial charge in [-0.3, -0.25) is 5.32 Å². The van der Waals surface area contributed by atoms with Crippen LogP contribution in [0.3, 0.4) is 0 Å². The highest BCUT2D eigenvalue weighted by molar-refractivity contribution is 7.14. The van der Waals surface area contributed by atoms with Crippen LogP contribution in [0, 0.1) is 0 Å². The van der Waals surface area contributed by atoms with E-state index >= 15 is 0 Å². The lowest BCUT2D eigenvalue weighted by Gasteiger charge is -2.23. The quantitative estimate of drug-likeness (QED) is 0.0163. The first-order valence-corrected chi connectivity index (χ1v) is 18.5. The molecule has 2 heterocycles. The highest BCUT2D eigenvalue weighted by atomic mass is 32.1. The van der Waals surface area contributed by atoms with Crippen molar-refractivity contribution in [3.05, 3.63) is 58.2 Å². The van der Waals surface area contributed by atoms with Gasteiger partial charge in [0.1, 0.15) is 34.9 Å². The van der Waals surface area contributed by atoms with Gasteiger partial charge in [-0.15, -0.1) is 16.0 Å². The molecule has 0 spiro atoms. The minimum Gasteiger partial charge on any atom is -0.489 e. The number of ether oxygens (including phenoxy) is 4. The Kier molecular flexibility index (Phi) is 15.6. The number of carboxylic acids is 1. The molecular weight excluding hydrogens is 751 g/mol. The fourth-order valence-electron chi connectivity index (χ4n) is 4.54. The number of carbonyl (C=O) groups is 4. The second-order valence-corrected chi connectivity index (χ2v) is 16.0. The fourth-order valence-corrected chi connectivity index (χ4v) is 5.22. The van der Waals surface area contributed by atoms with E-state index in [0.29, 0.717) is 31.8 Å². The molecule has 56 heavy (non-hydrogen) atoms. The van der Waals surface area contributed by atoms with Gasteiger partial charge in [-0.25, -0.2) is 24.2 Å². The Hall–Kier alpha value is -5.88. The SMILES string of the molecule is CC(C)(C)OC(=O)NCCCn1cc(-c2ccc(OCC(ON=C(C(=O)O)c3csc(NC(=O)OC(C)(C)C)n3)C(=O)OC(C)(C)C)cc2)c[n+]1CCN=[N+]=[N-]. The summed E-state index contributed by atoms with van der Waals surface area (Å²) in [5.41, 5.74) is 7.43. The molecule has 0 bridgehead atoms.